The van der Waals surface area contributed by atoms with Crippen LogP contribution in [0.4, 0.5) is 0 Å². The minimum absolute atomic E-state index is 0.192. The van der Waals surface area contributed by atoms with Crippen LogP contribution in [0.25, 0.3) is 31.9 Å². The number of fused-ring (bicyclic) bond motifs is 1. The van der Waals surface area contributed by atoms with E-state index < -0.39 is 0 Å². The highest BCUT2D eigenvalue weighted by Crippen LogP contribution is 2.54. The van der Waals surface area contributed by atoms with Crippen LogP contribution in [0.5, 0.6) is 0 Å². The number of aromatic nitrogens is 4. The highest BCUT2D eigenvalue weighted by Gasteiger charge is 2.28. The number of aryl methyl sites for hydroxylation is 2. The average Bonchev–Trinajstić information content (AvgIpc) is 3.40. The second-order valence-corrected chi connectivity index (χ2v) is 11.3. The highest BCUT2D eigenvalue weighted by molar-refractivity contribution is 7.15. The summed E-state index contributed by atoms with van der Waals surface area (Å²) in [7, 11) is 0. The molecule has 0 bridgehead atoms. The molecule has 12 heteroatoms. The van der Waals surface area contributed by atoms with Crippen molar-refractivity contribution in [1.82, 2.24) is 20.4 Å². The zero-order valence-corrected chi connectivity index (χ0v) is 22.9. The Labute approximate surface area is 222 Å². The molecule has 0 unspecified atom stereocenters. The predicted molar refractivity (Wildman–Crippen MR) is 140 cm³/mol. The van der Waals surface area contributed by atoms with Crippen molar-refractivity contribution in [2.24, 2.45) is 0 Å². The smallest absolute Gasteiger partial charge is 0.143 e. The fraction of sp³-hybridized carbons (Fsp3) is 0.300. The van der Waals surface area contributed by atoms with Crippen molar-refractivity contribution in [3.05, 3.63) is 40.2 Å². The van der Waals surface area contributed by atoms with Crippen LogP contribution in [-0.2, 0) is 12.8 Å². The second kappa shape index (κ2) is 10.0. The van der Waals surface area contributed by atoms with Gasteiger partial charge in [-0.3, -0.25) is 0 Å². The van der Waals surface area contributed by atoms with Gasteiger partial charge in [0, 0.05) is 23.6 Å². The molecule has 32 heavy (non-hydrogen) atoms. The van der Waals surface area contributed by atoms with Crippen LogP contribution >= 0.6 is 92.3 Å². The molecular formula is C20H14Cl6N4S2. The van der Waals surface area contributed by atoms with Crippen LogP contribution in [0.15, 0.2) is 0 Å². The van der Waals surface area contributed by atoms with E-state index in [0.717, 1.165) is 35.7 Å². The summed E-state index contributed by atoms with van der Waals surface area (Å²) in [6.45, 7) is 4.14. The SMILES string of the molecule is CCCc1nnc(-c2c(Cl)c(Cl)c3c(Cl)c(Cl)c(-c4nnc(CCC)s4)c(Cl)c3c2Cl)s1. The van der Waals surface area contributed by atoms with Crippen LogP contribution < -0.4 is 0 Å². The molecule has 2 heterocycles. The minimum Gasteiger partial charge on any atom is -0.143 e. The number of rotatable bonds is 6. The van der Waals surface area contributed by atoms with E-state index >= 15 is 0 Å². The lowest BCUT2D eigenvalue weighted by Crippen LogP contribution is -1.92. The third kappa shape index (κ3) is 4.22. The van der Waals surface area contributed by atoms with Crippen molar-refractivity contribution >= 4 is 103 Å². The van der Waals surface area contributed by atoms with E-state index in [9.17, 15) is 0 Å². The number of hydrogen-bond acceptors (Lipinski definition) is 6. The Bertz CT molecular complexity index is 1240. The first-order chi connectivity index (χ1) is 15.3. The monoisotopic (exact) mass is 584 g/mol. The van der Waals surface area contributed by atoms with Gasteiger partial charge in [0.25, 0.3) is 0 Å². The maximum Gasteiger partial charge on any atom is 0.150 e. The van der Waals surface area contributed by atoms with Crippen LogP contribution in [0, 0.1) is 0 Å². The average molecular weight is 587 g/mol. The highest BCUT2D eigenvalue weighted by atomic mass is 35.5. The summed E-state index contributed by atoms with van der Waals surface area (Å²) in [5, 5.41) is 22.0. The van der Waals surface area contributed by atoms with Crippen molar-refractivity contribution in [3.63, 3.8) is 0 Å². The van der Waals surface area contributed by atoms with Gasteiger partial charge < -0.3 is 0 Å². The molecule has 0 amide bonds. The molecule has 2 aromatic carbocycles. The fourth-order valence-corrected chi connectivity index (χ4v) is 7.51. The number of hydrogen-bond donors (Lipinski definition) is 0. The minimum atomic E-state index is 0.192. The van der Waals surface area contributed by atoms with Gasteiger partial charge in [0.05, 0.1) is 41.3 Å². The van der Waals surface area contributed by atoms with Gasteiger partial charge >= 0.3 is 0 Å². The summed E-state index contributed by atoms with van der Waals surface area (Å²) in [6.07, 6.45) is 3.49. The zero-order valence-electron chi connectivity index (χ0n) is 16.7. The van der Waals surface area contributed by atoms with E-state index in [2.05, 4.69) is 34.2 Å². The van der Waals surface area contributed by atoms with Gasteiger partial charge in [-0.2, -0.15) is 0 Å². The Balaban J connectivity index is 2.03. The molecule has 168 valence electrons. The van der Waals surface area contributed by atoms with Gasteiger partial charge in [-0.25, -0.2) is 0 Å². The quantitative estimate of drug-likeness (QED) is 0.211. The molecule has 0 saturated carbocycles. The van der Waals surface area contributed by atoms with E-state index in [-0.39, 0.29) is 30.1 Å². The zero-order chi connectivity index (χ0) is 23.2. The Morgan fingerprint density at radius 2 is 0.906 bits per heavy atom. The number of halogens is 6. The van der Waals surface area contributed by atoms with Gasteiger partial charge in [0.2, 0.25) is 0 Å². The van der Waals surface area contributed by atoms with Crippen molar-refractivity contribution in [3.8, 4) is 21.1 Å². The van der Waals surface area contributed by atoms with E-state index in [1.165, 1.54) is 22.7 Å². The lowest BCUT2D eigenvalue weighted by molar-refractivity contribution is 0.879. The van der Waals surface area contributed by atoms with Gasteiger partial charge in [-0.05, 0) is 12.8 Å². The molecule has 0 radical (unpaired) electrons. The molecule has 2 aromatic heterocycles. The summed E-state index contributed by atoms with van der Waals surface area (Å²) in [6, 6.07) is 0. The fourth-order valence-electron chi connectivity index (χ4n) is 3.23. The van der Waals surface area contributed by atoms with Crippen LogP contribution in [-0.4, -0.2) is 20.4 Å². The van der Waals surface area contributed by atoms with E-state index in [1.807, 2.05) is 0 Å². The van der Waals surface area contributed by atoms with Crippen molar-refractivity contribution in [2.75, 3.05) is 0 Å². The van der Waals surface area contributed by atoms with Gasteiger partial charge in [0.1, 0.15) is 10.0 Å². The first-order valence-corrected chi connectivity index (χ1v) is 13.5. The summed E-state index contributed by atoms with van der Waals surface area (Å²) in [5.74, 6) is 0. The third-order valence-corrected chi connectivity index (χ3v) is 9.14. The molecule has 0 fully saturated rings. The van der Waals surface area contributed by atoms with Crippen LogP contribution in [0.3, 0.4) is 0 Å². The van der Waals surface area contributed by atoms with Crippen molar-refractivity contribution < 1.29 is 0 Å². The van der Waals surface area contributed by atoms with Gasteiger partial charge in [-0.1, -0.05) is 106 Å². The Hall–Kier alpha value is -0.440. The third-order valence-electron chi connectivity index (χ3n) is 4.68. The molecule has 4 aromatic rings. The topological polar surface area (TPSA) is 51.6 Å². The summed E-state index contributed by atoms with van der Waals surface area (Å²) in [5.41, 5.74) is 0.918. The molecule has 0 aliphatic heterocycles. The lowest BCUT2D eigenvalue weighted by Gasteiger charge is -2.17. The molecule has 0 aliphatic carbocycles. The van der Waals surface area contributed by atoms with Gasteiger partial charge in [-0.15, -0.1) is 20.4 Å². The molecular weight excluding hydrogens is 573 g/mol. The largest absolute Gasteiger partial charge is 0.150 e. The number of nitrogens with zero attached hydrogens (tertiary/aromatic N) is 4. The molecule has 0 atom stereocenters. The van der Waals surface area contributed by atoms with E-state index in [1.54, 1.807) is 0 Å². The Kier molecular flexibility index (Phi) is 7.75. The molecule has 4 nitrogen and oxygen atoms in total. The van der Waals surface area contributed by atoms with Crippen molar-refractivity contribution in [1.29, 1.82) is 0 Å². The second-order valence-electron chi connectivity index (χ2n) is 6.89. The van der Waals surface area contributed by atoms with Crippen LogP contribution in [0.1, 0.15) is 36.7 Å². The normalized spacial score (nSPS) is 11.6. The van der Waals surface area contributed by atoms with Crippen molar-refractivity contribution in [2.45, 2.75) is 39.5 Å². The summed E-state index contributed by atoms with van der Waals surface area (Å²) >= 11 is 43.1. The predicted octanol–water partition coefficient (Wildman–Crippen LogP) is 9.70. The van der Waals surface area contributed by atoms with E-state index in [4.69, 9.17) is 69.6 Å². The summed E-state index contributed by atoms with van der Waals surface area (Å²) in [4.78, 5) is 0. The maximum atomic E-state index is 6.86. The number of benzene rings is 2. The standard InChI is InChI=1S/C20H14Cl6N4S2/c1-3-5-7-27-29-19(31-7)11-13(21)9-10(15(23)17(11)25)16(24)18(26)12(14(9)22)20-30-28-8(32-20)6-4-2/h3-6H2,1-2H3. The Morgan fingerprint density at radius 3 is 1.28 bits per heavy atom. The first-order valence-electron chi connectivity index (χ1n) is 9.62. The van der Waals surface area contributed by atoms with E-state index in [0.29, 0.717) is 31.9 Å². The maximum absolute atomic E-state index is 6.86. The van der Waals surface area contributed by atoms with Gasteiger partial charge in [0.15, 0.2) is 10.0 Å². The van der Waals surface area contributed by atoms with Crippen LogP contribution in [0.2, 0.25) is 30.1 Å². The molecule has 0 aliphatic rings. The summed E-state index contributed by atoms with van der Waals surface area (Å²) < 4.78 is 0. The molecule has 0 spiro atoms. The molecule has 0 saturated heterocycles. The Morgan fingerprint density at radius 1 is 0.531 bits per heavy atom. The first kappa shape index (κ1) is 24.7. The molecule has 0 N–H and O–H groups in total. The molecule has 4 rings (SSSR count). The lowest BCUT2D eigenvalue weighted by atomic mass is 10.0.